The summed E-state index contributed by atoms with van der Waals surface area (Å²) in [4.78, 5) is 24.4. The highest BCUT2D eigenvalue weighted by molar-refractivity contribution is 5.95. The Bertz CT molecular complexity index is 637. The Kier molecular flexibility index (Phi) is 2.79. The first-order valence-electron chi connectivity index (χ1n) is 5.87. The van der Waals surface area contributed by atoms with E-state index in [1.54, 1.807) is 18.3 Å². The average Bonchev–Trinajstić information content (AvgIpc) is 2.98. The van der Waals surface area contributed by atoms with E-state index in [-0.39, 0.29) is 12.5 Å². The molecule has 98 valence electrons. The van der Waals surface area contributed by atoms with Crippen LogP contribution >= 0.6 is 0 Å². The van der Waals surface area contributed by atoms with E-state index in [0.717, 1.165) is 10.9 Å². The first-order valence-corrected chi connectivity index (χ1v) is 5.87. The molecule has 0 unspecified atom stereocenters. The number of hydrogen-bond donors (Lipinski definition) is 2. The zero-order valence-electron chi connectivity index (χ0n) is 10.0. The van der Waals surface area contributed by atoms with Crippen molar-refractivity contribution in [3.63, 3.8) is 0 Å². The molecule has 1 fully saturated rings. The first kappa shape index (κ1) is 11.5. The number of carbonyl (C=O) groups excluding carboxylic acids is 2. The maximum absolute atomic E-state index is 11.8. The quantitative estimate of drug-likeness (QED) is 0.860. The largest absolute Gasteiger partial charge is 0.448 e. The molecule has 0 spiro atoms. The van der Waals surface area contributed by atoms with Crippen molar-refractivity contribution in [1.82, 2.24) is 15.1 Å². The molecule has 2 N–H and O–H groups in total. The summed E-state index contributed by atoms with van der Waals surface area (Å²) in [6, 6.07) is 5.44. The van der Waals surface area contributed by atoms with Crippen LogP contribution in [0, 0.1) is 0 Å². The highest BCUT2D eigenvalue weighted by Gasteiger charge is 2.23. The van der Waals surface area contributed by atoms with Gasteiger partial charge in [-0.2, -0.15) is 5.10 Å². The van der Waals surface area contributed by atoms with Crippen LogP contribution in [0.4, 0.5) is 10.5 Å². The van der Waals surface area contributed by atoms with Gasteiger partial charge >= 0.3 is 6.09 Å². The van der Waals surface area contributed by atoms with Gasteiger partial charge < -0.3 is 10.1 Å². The number of aromatic amines is 1. The van der Waals surface area contributed by atoms with Gasteiger partial charge in [0.2, 0.25) is 5.91 Å². The number of nitrogens with zero attached hydrogens (tertiary/aromatic N) is 2. The fourth-order valence-electron chi connectivity index (χ4n) is 1.96. The maximum atomic E-state index is 11.8. The molecule has 7 nitrogen and oxygen atoms in total. The molecule has 2 aromatic rings. The van der Waals surface area contributed by atoms with Crippen molar-refractivity contribution in [1.29, 1.82) is 0 Å². The van der Waals surface area contributed by atoms with E-state index in [2.05, 4.69) is 15.5 Å². The van der Waals surface area contributed by atoms with Crippen molar-refractivity contribution in [2.45, 2.75) is 0 Å². The van der Waals surface area contributed by atoms with Gasteiger partial charge in [-0.1, -0.05) is 0 Å². The van der Waals surface area contributed by atoms with Gasteiger partial charge in [-0.3, -0.25) is 14.8 Å². The number of aromatic nitrogens is 2. The minimum Gasteiger partial charge on any atom is -0.448 e. The molecule has 7 heteroatoms. The van der Waals surface area contributed by atoms with Crippen LogP contribution in [0.15, 0.2) is 24.4 Å². The van der Waals surface area contributed by atoms with Gasteiger partial charge in [-0.05, 0) is 18.2 Å². The second kappa shape index (κ2) is 4.60. The summed E-state index contributed by atoms with van der Waals surface area (Å²) in [6.07, 6.45) is 1.26. The van der Waals surface area contributed by atoms with E-state index >= 15 is 0 Å². The summed E-state index contributed by atoms with van der Waals surface area (Å²) in [7, 11) is 0. The monoisotopic (exact) mass is 260 g/mol. The fourth-order valence-corrected chi connectivity index (χ4v) is 1.96. The second-order valence-corrected chi connectivity index (χ2v) is 4.26. The lowest BCUT2D eigenvalue weighted by Crippen LogP contribution is -2.33. The molecule has 0 bridgehead atoms. The summed E-state index contributed by atoms with van der Waals surface area (Å²) in [5, 5.41) is 10.4. The van der Waals surface area contributed by atoms with Gasteiger partial charge in [0.1, 0.15) is 13.2 Å². The predicted octanol–water partition coefficient (Wildman–Crippen LogP) is 0.954. The van der Waals surface area contributed by atoms with Crippen molar-refractivity contribution >= 4 is 28.6 Å². The van der Waals surface area contributed by atoms with Crippen LogP contribution in [0.2, 0.25) is 0 Å². The van der Waals surface area contributed by atoms with Crippen LogP contribution in [-0.4, -0.2) is 46.8 Å². The zero-order chi connectivity index (χ0) is 13.2. The number of nitrogens with one attached hydrogen (secondary N) is 2. The van der Waals surface area contributed by atoms with Crippen molar-refractivity contribution < 1.29 is 14.3 Å². The Morgan fingerprint density at radius 2 is 2.42 bits per heavy atom. The Labute approximate surface area is 108 Å². The molecule has 1 aliphatic heterocycles. The van der Waals surface area contributed by atoms with Gasteiger partial charge in [0.15, 0.2) is 0 Å². The van der Waals surface area contributed by atoms with Crippen LogP contribution in [-0.2, 0) is 9.53 Å². The normalized spacial score (nSPS) is 14.7. The van der Waals surface area contributed by atoms with Crippen LogP contribution < -0.4 is 5.32 Å². The SMILES string of the molecule is O=C(CN1CCOC1=O)Nc1ccc2cn[nH]c2c1. The minimum atomic E-state index is -0.445. The fraction of sp³-hybridized carbons (Fsp3) is 0.250. The Balaban J connectivity index is 1.66. The number of H-pyrrole nitrogens is 1. The lowest BCUT2D eigenvalue weighted by atomic mass is 10.2. The molecule has 3 rings (SSSR count). The van der Waals surface area contributed by atoms with Crippen molar-refractivity contribution in [2.24, 2.45) is 0 Å². The zero-order valence-corrected chi connectivity index (χ0v) is 10.0. The van der Waals surface area contributed by atoms with E-state index in [9.17, 15) is 9.59 Å². The van der Waals surface area contributed by atoms with Crippen molar-refractivity contribution in [2.75, 3.05) is 25.0 Å². The van der Waals surface area contributed by atoms with Crippen molar-refractivity contribution in [3.8, 4) is 0 Å². The molecule has 1 saturated heterocycles. The molecular formula is C12H12N4O3. The van der Waals surface area contributed by atoms with Crippen LogP contribution in [0.25, 0.3) is 10.9 Å². The number of fused-ring (bicyclic) bond motifs is 1. The third-order valence-electron chi connectivity index (χ3n) is 2.91. The Morgan fingerprint density at radius 1 is 1.53 bits per heavy atom. The summed E-state index contributed by atoms with van der Waals surface area (Å²) in [6.45, 7) is 0.790. The number of benzene rings is 1. The average molecular weight is 260 g/mol. The molecule has 2 heterocycles. The Morgan fingerprint density at radius 3 is 3.21 bits per heavy atom. The van der Waals surface area contributed by atoms with Crippen LogP contribution in [0.5, 0.6) is 0 Å². The lowest BCUT2D eigenvalue weighted by Gasteiger charge is -2.12. The molecule has 1 aliphatic rings. The number of amides is 2. The number of hydrogen-bond acceptors (Lipinski definition) is 4. The molecule has 0 saturated carbocycles. The second-order valence-electron chi connectivity index (χ2n) is 4.26. The van der Waals surface area contributed by atoms with Crippen LogP contribution in [0.3, 0.4) is 0 Å². The molecule has 2 amide bonds. The molecule has 19 heavy (non-hydrogen) atoms. The highest BCUT2D eigenvalue weighted by Crippen LogP contribution is 2.16. The van der Waals surface area contributed by atoms with Gasteiger partial charge in [0.25, 0.3) is 0 Å². The van der Waals surface area contributed by atoms with Gasteiger partial charge in [0, 0.05) is 11.1 Å². The number of cyclic esters (lactones) is 1. The van der Waals surface area contributed by atoms with Crippen molar-refractivity contribution in [3.05, 3.63) is 24.4 Å². The van der Waals surface area contributed by atoms with E-state index in [4.69, 9.17) is 4.74 Å². The topological polar surface area (TPSA) is 87.3 Å². The van der Waals surface area contributed by atoms with E-state index in [0.29, 0.717) is 18.8 Å². The number of anilines is 1. The van der Waals surface area contributed by atoms with E-state index in [1.807, 2.05) is 6.07 Å². The highest BCUT2D eigenvalue weighted by atomic mass is 16.6. The van der Waals surface area contributed by atoms with E-state index in [1.165, 1.54) is 4.90 Å². The van der Waals surface area contributed by atoms with Gasteiger partial charge in [-0.25, -0.2) is 4.79 Å². The van der Waals surface area contributed by atoms with E-state index < -0.39 is 6.09 Å². The number of rotatable bonds is 3. The molecule has 0 atom stereocenters. The third-order valence-corrected chi connectivity index (χ3v) is 2.91. The van der Waals surface area contributed by atoms with Gasteiger partial charge in [0.05, 0.1) is 18.3 Å². The summed E-state index contributed by atoms with van der Waals surface area (Å²) < 4.78 is 4.76. The standard InChI is InChI=1S/C12H12N4O3/c17-11(7-16-3-4-19-12(16)18)14-9-2-1-8-6-13-15-10(8)5-9/h1-2,5-6H,3-4,7H2,(H,13,15)(H,14,17). The maximum Gasteiger partial charge on any atom is 0.410 e. The smallest absolute Gasteiger partial charge is 0.410 e. The first-order chi connectivity index (χ1) is 9.22. The number of ether oxygens (including phenoxy) is 1. The third kappa shape index (κ3) is 2.35. The molecule has 1 aromatic carbocycles. The molecule has 0 aliphatic carbocycles. The molecular weight excluding hydrogens is 248 g/mol. The molecule has 0 radical (unpaired) electrons. The van der Waals surface area contributed by atoms with Gasteiger partial charge in [-0.15, -0.1) is 0 Å². The number of carbonyl (C=O) groups is 2. The minimum absolute atomic E-state index is 0.000152. The lowest BCUT2D eigenvalue weighted by molar-refractivity contribution is -0.116. The summed E-state index contributed by atoms with van der Waals surface area (Å²) in [5.41, 5.74) is 1.51. The molecule has 1 aromatic heterocycles. The Hall–Kier alpha value is -2.57. The predicted molar refractivity (Wildman–Crippen MR) is 67.6 cm³/mol. The van der Waals surface area contributed by atoms with Crippen LogP contribution in [0.1, 0.15) is 0 Å². The summed E-state index contributed by atoms with van der Waals surface area (Å²) in [5.74, 6) is -0.252. The summed E-state index contributed by atoms with van der Waals surface area (Å²) >= 11 is 0.